The number of aryl methyl sites for hydroxylation is 2. The van der Waals surface area contributed by atoms with E-state index in [-0.39, 0.29) is 0 Å². The van der Waals surface area contributed by atoms with E-state index in [1.165, 1.54) is 27.9 Å². The molecule has 0 saturated heterocycles. The molecule has 1 heteroatoms. The molecule has 0 radical (unpaired) electrons. The Bertz CT molecular complexity index is 937. The van der Waals surface area contributed by atoms with Gasteiger partial charge in [0.2, 0.25) is 0 Å². The second-order valence-corrected chi connectivity index (χ2v) is 6.65. The molecule has 1 heterocycles. The average Bonchev–Trinajstić information content (AvgIpc) is 3.11. The Morgan fingerprint density at radius 3 is 1.81 bits per heavy atom. The maximum absolute atomic E-state index is 2.40. The smallest absolute Gasteiger partial charge is 0.0516 e. The third-order valence-corrected chi connectivity index (χ3v) is 4.82. The number of hydrogen-bond donors (Lipinski definition) is 0. The zero-order valence-corrected chi connectivity index (χ0v) is 14.9. The minimum absolute atomic E-state index is 0.962. The molecule has 0 fully saturated rings. The molecule has 0 spiro atoms. The standard InChI is InChI=1S/C25H23N/c1-4-10-21(11-5-1)16-18-26-19-17-24(20-22-12-6-2-7-13-22)25(26)23-14-8-3-9-15-23/h1-15,17,19H,16,18,20H2. The van der Waals surface area contributed by atoms with Crippen molar-refractivity contribution in [3.8, 4) is 11.3 Å². The first kappa shape index (κ1) is 16.4. The third kappa shape index (κ3) is 3.78. The van der Waals surface area contributed by atoms with Gasteiger partial charge >= 0.3 is 0 Å². The van der Waals surface area contributed by atoms with E-state index in [9.17, 15) is 0 Å². The Kier molecular flexibility index (Phi) is 4.97. The fourth-order valence-electron chi connectivity index (χ4n) is 3.50. The summed E-state index contributed by atoms with van der Waals surface area (Å²) >= 11 is 0. The van der Waals surface area contributed by atoms with Crippen molar-refractivity contribution in [3.05, 3.63) is 120 Å². The van der Waals surface area contributed by atoms with E-state index >= 15 is 0 Å². The van der Waals surface area contributed by atoms with Crippen molar-refractivity contribution < 1.29 is 0 Å². The van der Waals surface area contributed by atoms with Gasteiger partial charge in [0, 0.05) is 12.7 Å². The van der Waals surface area contributed by atoms with Gasteiger partial charge in [-0.1, -0.05) is 91.0 Å². The Labute approximate surface area is 155 Å². The summed E-state index contributed by atoms with van der Waals surface area (Å²) in [5.74, 6) is 0. The van der Waals surface area contributed by atoms with Crippen LogP contribution >= 0.6 is 0 Å². The topological polar surface area (TPSA) is 4.93 Å². The maximum Gasteiger partial charge on any atom is 0.0516 e. The molecule has 0 aliphatic carbocycles. The largest absolute Gasteiger partial charge is 0.347 e. The summed E-state index contributed by atoms with van der Waals surface area (Å²) in [5, 5.41) is 0. The highest BCUT2D eigenvalue weighted by atomic mass is 15.0. The van der Waals surface area contributed by atoms with Gasteiger partial charge in [-0.05, 0) is 41.2 Å². The highest BCUT2D eigenvalue weighted by molar-refractivity contribution is 5.65. The van der Waals surface area contributed by atoms with Crippen LogP contribution in [0.25, 0.3) is 11.3 Å². The van der Waals surface area contributed by atoms with E-state index < -0.39 is 0 Å². The molecule has 0 unspecified atom stereocenters. The summed E-state index contributed by atoms with van der Waals surface area (Å²) in [6.07, 6.45) is 4.24. The van der Waals surface area contributed by atoms with Crippen molar-refractivity contribution in [1.82, 2.24) is 4.57 Å². The number of aromatic nitrogens is 1. The molecule has 0 aliphatic rings. The van der Waals surface area contributed by atoms with Crippen LogP contribution in [0.4, 0.5) is 0 Å². The molecule has 0 aliphatic heterocycles. The van der Waals surface area contributed by atoms with E-state index in [0.717, 1.165) is 19.4 Å². The Balaban J connectivity index is 1.65. The molecule has 26 heavy (non-hydrogen) atoms. The Morgan fingerprint density at radius 2 is 1.15 bits per heavy atom. The maximum atomic E-state index is 2.40. The molecule has 4 aromatic rings. The van der Waals surface area contributed by atoms with E-state index in [4.69, 9.17) is 0 Å². The molecule has 3 aromatic carbocycles. The fourth-order valence-corrected chi connectivity index (χ4v) is 3.50. The van der Waals surface area contributed by atoms with E-state index in [2.05, 4.69) is 108 Å². The van der Waals surface area contributed by atoms with Gasteiger partial charge in [0.25, 0.3) is 0 Å². The van der Waals surface area contributed by atoms with Gasteiger partial charge in [-0.15, -0.1) is 0 Å². The molecule has 0 amide bonds. The lowest BCUT2D eigenvalue weighted by atomic mass is 10.0. The molecular weight excluding hydrogens is 314 g/mol. The molecule has 128 valence electrons. The van der Waals surface area contributed by atoms with Gasteiger partial charge in [-0.2, -0.15) is 0 Å². The lowest BCUT2D eigenvalue weighted by molar-refractivity contribution is 0.706. The summed E-state index contributed by atoms with van der Waals surface area (Å²) < 4.78 is 2.40. The number of hydrogen-bond acceptors (Lipinski definition) is 0. The fraction of sp³-hybridized carbons (Fsp3) is 0.120. The van der Waals surface area contributed by atoms with Crippen LogP contribution in [0.1, 0.15) is 16.7 Å². The van der Waals surface area contributed by atoms with Crippen molar-refractivity contribution >= 4 is 0 Å². The highest BCUT2D eigenvalue weighted by Gasteiger charge is 2.12. The van der Waals surface area contributed by atoms with Gasteiger partial charge < -0.3 is 4.57 Å². The molecule has 0 bridgehead atoms. The number of nitrogens with zero attached hydrogens (tertiary/aromatic N) is 1. The zero-order valence-electron chi connectivity index (χ0n) is 14.9. The van der Waals surface area contributed by atoms with Crippen LogP contribution in [0, 0.1) is 0 Å². The van der Waals surface area contributed by atoms with Crippen LogP contribution in [0.5, 0.6) is 0 Å². The average molecular weight is 337 g/mol. The lowest BCUT2D eigenvalue weighted by Gasteiger charge is -2.12. The van der Waals surface area contributed by atoms with Crippen molar-refractivity contribution in [2.75, 3.05) is 0 Å². The Hall–Kier alpha value is -3.06. The van der Waals surface area contributed by atoms with E-state index in [0.29, 0.717) is 0 Å². The molecule has 0 saturated carbocycles. The molecule has 1 nitrogen and oxygen atoms in total. The molecule has 0 N–H and O–H groups in total. The summed E-state index contributed by atoms with van der Waals surface area (Å²) in [6.45, 7) is 0.989. The summed E-state index contributed by atoms with van der Waals surface area (Å²) in [6, 6.07) is 34.5. The summed E-state index contributed by atoms with van der Waals surface area (Å²) in [5.41, 5.74) is 6.74. The van der Waals surface area contributed by atoms with Crippen LogP contribution in [0.2, 0.25) is 0 Å². The SMILES string of the molecule is c1ccc(CCn2ccc(Cc3ccccc3)c2-c2ccccc2)cc1. The predicted molar refractivity (Wildman–Crippen MR) is 109 cm³/mol. The van der Waals surface area contributed by atoms with E-state index in [1.807, 2.05) is 0 Å². The predicted octanol–water partition coefficient (Wildman–Crippen LogP) is 5.99. The normalized spacial score (nSPS) is 10.8. The minimum atomic E-state index is 0.962. The van der Waals surface area contributed by atoms with Crippen molar-refractivity contribution in [2.45, 2.75) is 19.4 Å². The van der Waals surface area contributed by atoms with Crippen molar-refractivity contribution in [2.24, 2.45) is 0 Å². The second-order valence-electron chi connectivity index (χ2n) is 6.65. The molecule has 4 rings (SSSR count). The first-order valence-corrected chi connectivity index (χ1v) is 9.21. The monoisotopic (exact) mass is 337 g/mol. The number of benzene rings is 3. The van der Waals surface area contributed by atoms with Crippen molar-refractivity contribution in [3.63, 3.8) is 0 Å². The van der Waals surface area contributed by atoms with Crippen LogP contribution in [-0.4, -0.2) is 4.57 Å². The number of rotatable bonds is 6. The zero-order chi connectivity index (χ0) is 17.6. The molecule has 0 atom stereocenters. The summed E-state index contributed by atoms with van der Waals surface area (Å²) in [4.78, 5) is 0. The second kappa shape index (κ2) is 7.88. The Morgan fingerprint density at radius 1 is 0.577 bits per heavy atom. The minimum Gasteiger partial charge on any atom is -0.347 e. The van der Waals surface area contributed by atoms with Gasteiger partial charge in [-0.25, -0.2) is 0 Å². The van der Waals surface area contributed by atoms with Crippen LogP contribution in [0.15, 0.2) is 103 Å². The first-order valence-electron chi connectivity index (χ1n) is 9.21. The molecular formula is C25H23N. The van der Waals surface area contributed by atoms with Gasteiger partial charge in [0.05, 0.1) is 5.69 Å². The summed E-state index contributed by atoms with van der Waals surface area (Å²) in [7, 11) is 0. The van der Waals surface area contributed by atoms with Gasteiger partial charge in [0.15, 0.2) is 0 Å². The highest BCUT2D eigenvalue weighted by Crippen LogP contribution is 2.27. The van der Waals surface area contributed by atoms with Crippen LogP contribution < -0.4 is 0 Å². The van der Waals surface area contributed by atoms with Crippen molar-refractivity contribution in [1.29, 1.82) is 0 Å². The quantitative estimate of drug-likeness (QED) is 0.407. The lowest BCUT2D eigenvalue weighted by Crippen LogP contribution is -2.03. The first-order chi connectivity index (χ1) is 12.9. The van der Waals surface area contributed by atoms with Gasteiger partial charge in [-0.3, -0.25) is 0 Å². The molecule has 1 aromatic heterocycles. The van der Waals surface area contributed by atoms with Crippen LogP contribution in [0.3, 0.4) is 0 Å². The van der Waals surface area contributed by atoms with Gasteiger partial charge in [0.1, 0.15) is 0 Å². The van der Waals surface area contributed by atoms with E-state index in [1.54, 1.807) is 0 Å². The van der Waals surface area contributed by atoms with Crippen LogP contribution in [-0.2, 0) is 19.4 Å². The third-order valence-electron chi connectivity index (χ3n) is 4.82.